The fraction of sp³-hybridized carbons (Fsp3) is 0.833. The molecule has 0 radical (unpaired) electrons. The summed E-state index contributed by atoms with van der Waals surface area (Å²) in [5.74, 6) is 0. The number of allylic oxidation sites excluding steroid dienone is 1. The Kier molecular flexibility index (Phi) is 10.3. The van der Waals surface area contributed by atoms with Gasteiger partial charge in [0.05, 0.1) is 0 Å². The summed E-state index contributed by atoms with van der Waals surface area (Å²) in [5.41, 5.74) is 0.460. The van der Waals surface area contributed by atoms with Gasteiger partial charge in [0.1, 0.15) is 0 Å². The molecule has 0 fully saturated rings. The Morgan fingerprint density at radius 3 is 2.20 bits per heavy atom. The molecule has 0 spiro atoms. The molecule has 0 rings (SSSR count). The van der Waals surface area contributed by atoms with Crippen molar-refractivity contribution in [2.45, 2.75) is 51.0 Å². The number of hydrogen-bond donors (Lipinski definition) is 0. The van der Waals surface area contributed by atoms with Crippen LogP contribution in [0.25, 0.3) is 0 Å². The smallest absolute Gasteiger partial charge is 0.327 e. The van der Waals surface area contributed by atoms with Crippen molar-refractivity contribution in [3.05, 3.63) is 12.7 Å². The van der Waals surface area contributed by atoms with Gasteiger partial charge in [0, 0.05) is 19.8 Å². The summed E-state index contributed by atoms with van der Waals surface area (Å²) in [6, 6.07) is 0. The highest BCUT2D eigenvalue weighted by molar-refractivity contribution is 6.47. The summed E-state index contributed by atoms with van der Waals surface area (Å²) in [6.45, 7) is 6.11. The standard InChI is InChI=1S/C12H26O2Si/c1-5-7-8-9-10-11-12(6-2)15(13-3)14-4/h6,12,15H,2,5,7-11H2,1,3-4H3. The van der Waals surface area contributed by atoms with Crippen molar-refractivity contribution >= 4 is 9.28 Å². The van der Waals surface area contributed by atoms with Gasteiger partial charge in [-0.2, -0.15) is 0 Å². The van der Waals surface area contributed by atoms with E-state index in [2.05, 4.69) is 13.5 Å². The molecule has 2 nitrogen and oxygen atoms in total. The molecule has 0 aromatic carbocycles. The number of hydrogen-bond acceptors (Lipinski definition) is 2. The van der Waals surface area contributed by atoms with E-state index in [9.17, 15) is 0 Å². The third-order valence-corrected chi connectivity index (χ3v) is 4.99. The quantitative estimate of drug-likeness (QED) is 0.325. The van der Waals surface area contributed by atoms with E-state index < -0.39 is 9.28 Å². The van der Waals surface area contributed by atoms with Crippen molar-refractivity contribution in [1.82, 2.24) is 0 Å². The summed E-state index contributed by atoms with van der Waals surface area (Å²) in [4.78, 5) is 0. The molecule has 0 saturated carbocycles. The van der Waals surface area contributed by atoms with Crippen LogP contribution in [0, 0.1) is 0 Å². The van der Waals surface area contributed by atoms with Gasteiger partial charge in [0.25, 0.3) is 0 Å². The lowest BCUT2D eigenvalue weighted by atomic mass is 10.1. The Morgan fingerprint density at radius 2 is 1.73 bits per heavy atom. The topological polar surface area (TPSA) is 18.5 Å². The lowest BCUT2D eigenvalue weighted by Crippen LogP contribution is -2.25. The van der Waals surface area contributed by atoms with Crippen molar-refractivity contribution in [2.24, 2.45) is 0 Å². The predicted molar refractivity (Wildman–Crippen MR) is 68.5 cm³/mol. The molecule has 3 heteroatoms. The van der Waals surface area contributed by atoms with Crippen molar-refractivity contribution in [3.63, 3.8) is 0 Å². The molecule has 0 heterocycles. The monoisotopic (exact) mass is 230 g/mol. The van der Waals surface area contributed by atoms with Crippen LogP contribution in [0.5, 0.6) is 0 Å². The zero-order valence-corrected chi connectivity index (χ0v) is 11.7. The van der Waals surface area contributed by atoms with Gasteiger partial charge in [-0.15, -0.1) is 6.58 Å². The average Bonchev–Trinajstić information content (AvgIpc) is 2.27. The molecule has 0 aliphatic heterocycles. The van der Waals surface area contributed by atoms with Crippen LogP contribution in [-0.4, -0.2) is 23.5 Å². The van der Waals surface area contributed by atoms with E-state index >= 15 is 0 Å². The maximum Gasteiger partial charge on any atom is 0.327 e. The van der Waals surface area contributed by atoms with Crippen LogP contribution in [-0.2, 0) is 8.85 Å². The summed E-state index contributed by atoms with van der Waals surface area (Å²) in [6.07, 6.45) is 9.79. The molecular weight excluding hydrogens is 204 g/mol. The highest BCUT2D eigenvalue weighted by atomic mass is 28.3. The van der Waals surface area contributed by atoms with E-state index in [1.807, 2.05) is 6.08 Å². The first kappa shape index (κ1) is 14.9. The van der Waals surface area contributed by atoms with Crippen LogP contribution >= 0.6 is 0 Å². The predicted octanol–water partition coefficient (Wildman–Crippen LogP) is 3.42. The minimum absolute atomic E-state index is 0.460. The minimum Gasteiger partial charge on any atom is -0.400 e. The average molecular weight is 230 g/mol. The van der Waals surface area contributed by atoms with Gasteiger partial charge in [-0.05, 0) is 6.42 Å². The normalized spacial score (nSPS) is 13.1. The van der Waals surface area contributed by atoms with Crippen molar-refractivity contribution in [1.29, 1.82) is 0 Å². The van der Waals surface area contributed by atoms with E-state index in [0.29, 0.717) is 5.54 Å². The van der Waals surface area contributed by atoms with Crippen molar-refractivity contribution < 1.29 is 8.85 Å². The second kappa shape index (κ2) is 10.4. The Balaban J connectivity index is 3.64. The summed E-state index contributed by atoms with van der Waals surface area (Å²) in [7, 11) is 2.00. The van der Waals surface area contributed by atoms with Gasteiger partial charge in [0.2, 0.25) is 0 Å². The molecule has 0 amide bonds. The fourth-order valence-electron chi connectivity index (χ4n) is 1.79. The van der Waals surface area contributed by atoms with Crippen LogP contribution < -0.4 is 0 Å². The fourth-order valence-corrected chi connectivity index (χ4v) is 3.42. The van der Waals surface area contributed by atoms with Crippen LogP contribution in [0.4, 0.5) is 0 Å². The van der Waals surface area contributed by atoms with E-state index in [0.717, 1.165) is 0 Å². The zero-order chi connectivity index (χ0) is 11.5. The molecule has 1 atom stereocenters. The highest BCUT2D eigenvalue weighted by Crippen LogP contribution is 2.21. The molecule has 90 valence electrons. The summed E-state index contributed by atoms with van der Waals surface area (Å²) >= 11 is 0. The highest BCUT2D eigenvalue weighted by Gasteiger charge is 2.20. The number of rotatable bonds is 10. The molecule has 0 aromatic heterocycles. The maximum absolute atomic E-state index is 5.38. The third-order valence-electron chi connectivity index (χ3n) is 2.76. The molecule has 0 aromatic rings. The summed E-state index contributed by atoms with van der Waals surface area (Å²) in [5, 5.41) is 0. The molecule has 15 heavy (non-hydrogen) atoms. The Labute approximate surface area is 96.5 Å². The van der Waals surface area contributed by atoms with Crippen molar-refractivity contribution in [3.8, 4) is 0 Å². The van der Waals surface area contributed by atoms with Gasteiger partial charge < -0.3 is 8.85 Å². The third kappa shape index (κ3) is 6.87. The van der Waals surface area contributed by atoms with Crippen LogP contribution in [0.15, 0.2) is 12.7 Å². The largest absolute Gasteiger partial charge is 0.400 e. The second-order valence-electron chi connectivity index (χ2n) is 3.94. The zero-order valence-electron chi connectivity index (χ0n) is 10.5. The SMILES string of the molecule is C=CC(CCCCCCC)[SiH](OC)OC. The lowest BCUT2D eigenvalue weighted by Gasteiger charge is -2.19. The van der Waals surface area contributed by atoms with Gasteiger partial charge in [-0.25, -0.2) is 0 Å². The van der Waals surface area contributed by atoms with Gasteiger partial charge in [-0.1, -0.05) is 45.1 Å². The first-order chi connectivity index (χ1) is 7.29. The van der Waals surface area contributed by atoms with Crippen LogP contribution in [0.2, 0.25) is 5.54 Å². The van der Waals surface area contributed by atoms with E-state index in [4.69, 9.17) is 8.85 Å². The molecule has 1 unspecified atom stereocenters. The molecule has 0 aliphatic rings. The molecule has 0 bridgehead atoms. The van der Waals surface area contributed by atoms with Gasteiger partial charge in [0.15, 0.2) is 0 Å². The number of unbranched alkanes of at least 4 members (excludes halogenated alkanes) is 4. The maximum atomic E-state index is 5.38. The molecule has 0 N–H and O–H groups in total. The second-order valence-corrected chi connectivity index (χ2v) is 6.48. The van der Waals surface area contributed by atoms with E-state index in [1.165, 1.54) is 38.5 Å². The van der Waals surface area contributed by atoms with E-state index in [-0.39, 0.29) is 0 Å². The molecular formula is C12H26O2Si. The van der Waals surface area contributed by atoms with Crippen molar-refractivity contribution in [2.75, 3.05) is 14.2 Å². The Morgan fingerprint density at radius 1 is 1.13 bits per heavy atom. The lowest BCUT2D eigenvalue weighted by molar-refractivity contribution is 0.268. The van der Waals surface area contributed by atoms with E-state index in [1.54, 1.807) is 14.2 Å². The Bertz CT molecular complexity index is 147. The molecule has 0 aliphatic carbocycles. The van der Waals surface area contributed by atoms with Gasteiger partial charge in [-0.3, -0.25) is 0 Å². The first-order valence-corrected chi connectivity index (χ1v) is 7.59. The van der Waals surface area contributed by atoms with Crippen LogP contribution in [0.1, 0.15) is 45.4 Å². The first-order valence-electron chi connectivity index (χ1n) is 5.98. The van der Waals surface area contributed by atoms with Crippen LogP contribution in [0.3, 0.4) is 0 Å². The Hall–Kier alpha value is -0.123. The minimum atomic E-state index is -1.48. The molecule has 0 saturated heterocycles. The van der Waals surface area contributed by atoms with Gasteiger partial charge >= 0.3 is 9.28 Å². The summed E-state index contributed by atoms with van der Waals surface area (Å²) < 4.78 is 10.8.